The van der Waals surface area contributed by atoms with Gasteiger partial charge in [0.1, 0.15) is 28.7 Å². The summed E-state index contributed by atoms with van der Waals surface area (Å²) < 4.78 is 28.4. The van der Waals surface area contributed by atoms with Crippen molar-refractivity contribution in [2.45, 2.75) is 38.2 Å². The molecule has 0 bridgehead atoms. The molecule has 10 heteroatoms. The van der Waals surface area contributed by atoms with Crippen molar-refractivity contribution in [3.8, 4) is 28.7 Å². The molecule has 9 nitrogen and oxygen atoms in total. The Morgan fingerprint density at radius 3 is 2.38 bits per heavy atom. The Bertz CT molecular complexity index is 1500. The first kappa shape index (κ1) is 27.6. The number of amides is 1. The summed E-state index contributed by atoms with van der Waals surface area (Å²) in [7, 11) is 4.36. The molecule has 40 heavy (non-hydrogen) atoms. The molecule has 0 saturated heterocycles. The van der Waals surface area contributed by atoms with E-state index in [1.54, 1.807) is 25.1 Å². The molecule has 0 unspecified atom stereocenters. The number of allylic oxidation sites excluding steroid dienone is 1. The lowest BCUT2D eigenvalue weighted by Gasteiger charge is -2.41. The van der Waals surface area contributed by atoms with E-state index in [9.17, 15) is 14.4 Å². The molecule has 0 radical (unpaired) electrons. The summed E-state index contributed by atoms with van der Waals surface area (Å²) in [5.74, 6) is -1.10. The Morgan fingerprint density at radius 2 is 1.73 bits per heavy atom. The number of hydrogen-bond donors (Lipinski definition) is 1. The van der Waals surface area contributed by atoms with Crippen LogP contribution in [-0.4, -0.2) is 51.0 Å². The van der Waals surface area contributed by atoms with Crippen molar-refractivity contribution >= 4 is 29.1 Å². The molecule has 0 aromatic heterocycles. The molecular weight excluding hydrogens is 538 g/mol. The van der Waals surface area contributed by atoms with Gasteiger partial charge in [-0.05, 0) is 36.6 Å². The highest BCUT2D eigenvalue weighted by molar-refractivity contribution is 6.36. The van der Waals surface area contributed by atoms with Gasteiger partial charge >= 0.3 is 0 Å². The summed E-state index contributed by atoms with van der Waals surface area (Å²) in [6, 6.07) is 6.77. The minimum Gasteiger partial charge on any atom is -0.496 e. The fraction of sp³-hybridized carbons (Fsp3) is 0.367. The van der Waals surface area contributed by atoms with E-state index in [0.717, 1.165) is 5.57 Å². The minimum atomic E-state index is -1.88. The van der Waals surface area contributed by atoms with Crippen molar-refractivity contribution in [3.63, 3.8) is 0 Å². The van der Waals surface area contributed by atoms with Crippen LogP contribution in [0.15, 0.2) is 47.7 Å². The summed E-state index contributed by atoms with van der Waals surface area (Å²) in [6.45, 7) is 7.76. The first-order valence-electron chi connectivity index (χ1n) is 12.8. The molecule has 3 atom stereocenters. The van der Waals surface area contributed by atoms with Crippen molar-refractivity contribution in [3.05, 3.63) is 63.8 Å². The lowest BCUT2D eigenvalue weighted by molar-refractivity contribution is -0.131. The number of carbonyl (C=O) groups is 3. The van der Waals surface area contributed by atoms with E-state index in [4.69, 9.17) is 35.3 Å². The number of carbonyl (C=O) groups excluding carboxylic acids is 3. The molecule has 1 spiro atoms. The maximum absolute atomic E-state index is 14.5. The van der Waals surface area contributed by atoms with Crippen LogP contribution in [0.4, 0.5) is 0 Å². The molecule has 1 aliphatic carbocycles. The van der Waals surface area contributed by atoms with Crippen molar-refractivity contribution in [1.82, 2.24) is 5.32 Å². The number of ketones is 2. The molecule has 1 amide bonds. The average Bonchev–Trinajstić information content (AvgIpc) is 3.25. The monoisotopic (exact) mass is 567 g/mol. The Labute approximate surface area is 237 Å². The predicted octanol–water partition coefficient (Wildman–Crippen LogP) is 4.80. The Morgan fingerprint density at radius 1 is 1.02 bits per heavy atom. The number of fused-ring (bicyclic) bond motifs is 1. The van der Waals surface area contributed by atoms with Crippen LogP contribution in [0.2, 0.25) is 5.02 Å². The summed E-state index contributed by atoms with van der Waals surface area (Å²) in [4.78, 5) is 41.4. The van der Waals surface area contributed by atoms with Gasteiger partial charge in [-0.25, -0.2) is 0 Å². The zero-order valence-electron chi connectivity index (χ0n) is 22.9. The van der Waals surface area contributed by atoms with E-state index in [2.05, 4.69) is 11.9 Å². The lowest BCUT2D eigenvalue weighted by Crippen LogP contribution is -2.59. The van der Waals surface area contributed by atoms with E-state index in [0.29, 0.717) is 34.9 Å². The smallest absolute Gasteiger partial charge is 0.236 e. The van der Waals surface area contributed by atoms with E-state index >= 15 is 0 Å². The molecule has 3 aliphatic rings. The normalized spacial score (nSPS) is 23.3. The van der Waals surface area contributed by atoms with E-state index in [1.807, 2.05) is 6.92 Å². The molecule has 5 rings (SSSR count). The average molecular weight is 568 g/mol. The first-order chi connectivity index (χ1) is 19.1. The summed E-state index contributed by atoms with van der Waals surface area (Å²) in [5.41, 5.74) is 0.523. The van der Waals surface area contributed by atoms with Crippen LogP contribution in [0, 0.1) is 5.92 Å². The van der Waals surface area contributed by atoms with Gasteiger partial charge in [-0.2, -0.15) is 0 Å². The standard InChI is InChI=1S/C30H30ClNO8/c1-14(2)13-39-19-8-7-16(10-20(19)36-4)17-11-23(33)32-18-9-15(3)30(28(34)24(17)18)29(35)25-21(37-5)12-22(38-6)26(31)27(25)40-30/h7-8,10,12,15,17H,1,9,11,13H2,2-6H3,(H,32,33)/t15-,17+,30+/m1/s1. The van der Waals surface area contributed by atoms with Gasteiger partial charge in [0.2, 0.25) is 23.1 Å². The van der Waals surface area contributed by atoms with Gasteiger partial charge in [-0.3, -0.25) is 14.4 Å². The third kappa shape index (κ3) is 4.11. The lowest BCUT2D eigenvalue weighted by atomic mass is 9.66. The zero-order valence-corrected chi connectivity index (χ0v) is 23.7. The van der Waals surface area contributed by atoms with Gasteiger partial charge in [0, 0.05) is 35.6 Å². The molecule has 0 fully saturated rings. The summed E-state index contributed by atoms with van der Waals surface area (Å²) in [5, 5.41) is 2.94. The zero-order chi connectivity index (χ0) is 28.9. The Balaban J connectivity index is 1.60. The number of hydrogen-bond acceptors (Lipinski definition) is 8. The molecule has 2 heterocycles. The number of benzene rings is 2. The van der Waals surface area contributed by atoms with Crippen molar-refractivity contribution < 1.29 is 38.1 Å². The van der Waals surface area contributed by atoms with E-state index < -0.39 is 29.0 Å². The van der Waals surface area contributed by atoms with Gasteiger partial charge < -0.3 is 29.0 Å². The van der Waals surface area contributed by atoms with Gasteiger partial charge in [0.15, 0.2) is 17.2 Å². The maximum Gasteiger partial charge on any atom is 0.236 e. The predicted molar refractivity (Wildman–Crippen MR) is 147 cm³/mol. The fourth-order valence-corrected chi connectivity index (χ4v) is 5.96. The molecule has 2 aromatic rings. The van der Waals surface area contributed by atoms with Crippen LogP contribution in [0.5, 0.6) is 28.7 Å². The highest BCUT2D eigenvalue weighted by Crippen LogP contribution is 2.55. The van der Waals surface area contributed by atoms with Crippen LogP contribution in [0.1, 0.15) is 48.5 Å². The van der Waals surface area contributed by atoms with Crippen LogP contribution in [0.3, 0.4) is 0 Å². The van der Waals surface area contributed by atoms with E-state index in [1.165, 1.54) is 27.4 Å². The molecular formula is C30H30ClNO8. The topological polar surface area (TPSA) is 109 Å². The number of rotatable bonds is 7. The molecule has 2 aromatic carbocycles. The fourth-order valence-electron chi connectivity index (χ4n) is 5.70. The van der Waals surface area contributed by atoms with Crippen molar-refractivity contribution in [2.24, 2.45) is 5.92 Å². The molecule has 0 saturated carbocycles. The van der Waals surface area contributed by atoms with Crippen LogP contribution < -0.4 is 29.0 Å². The van der Waals surface area contributed by atoms with Gasteiger partial charge in [0.05, 0.1) is 21.3 Å². The second kappa shape index (κ2) is 10.2. The Kier molecular flexibility index (Phi) is 7.04. The van der Waals surface area contributed by atoms with Gasteiger partial charge in [-0.15, -0.1) is 0 Å². The highest BCUT2D eigenvalue weighted by Gasteiger charge is 2.63. The number of Topliss-reactive ketones (excluding diaryl/α,β-unsaturated/α-hetero) is 2. The Hall–Kier alpha value is -3.98. The molecule has 1 N–H and O–H groups in total. The SMILES string of the molecule is C=C(C)COc1ccc([C@@H]2CC(=O)NC3=C2C(=O)[C@@]2(Oc4c(Cl)c(OC)cc(OC)c4C2=O)[C@H](C)C3)cc1OC. The third-order valence-electron chi connectivity index (χ3n) is 7.62. The van der Waals surface area contributed by atoms with Crippen molar-refractivity contribution in [1.29, 1.82) is 0 Å². The largest absolute Gasteiger partial charge is 0.496 e. The van der Waals surface area contributed by atoms with E-state index in [-0.39, 0.29) is 46.6 Å². The maximum atomic E-state index is 14.5. The quantitative estimate of drug-likeness (QED) is 0.375. The number of nitrogens with one attached hydrogen (secondary N) is 1. The first-order valence-corrected chi connectivity index (χ1v) is 13.2. The number of halogens is 1. The molecule has 2 aliphatic heterocycles. The minimum absolute atomic E-state index is 0.00317. The number of ether oxygens (including phenoxy) is 5. The second-order valence-electron chi connectivity index (χ2n) is 10.3. The molecule has 210 valence electrons. The highest BCUT2D eigenvalue weighted by atomic mass is 35.5. The van der Waals surface area contributed by atoms with Crippen LogP contribution in [-0.2, 0) is 9.59 Å². The third-order valence-corrected chi connectivity index (χ3v) is 7.98. The summed E-state index contributed by atoms with van der Waals surface area (Å²) in [6.07, 6.45) is 0.236. The van der Waals surface area contributed by atoms with Crippen molar-refractivity contribution in [2.75, 3.05) is 27.9 Å². The van der Waals surface area contributed by atoms with Crippen LogP contribution in [0.25, 0.3) is 0 Å². The van der Waals surface area contributed by atoms with Gasteiger partial charge in [0.25, 0.3) is 0 Å². The summed E-state index contributed by atoms with van der Waals surface area (Å²) >= 11 is 6.55. The second-order valence-corrected chi connectivity index (χ2v) is 10.6. The van der Waals surface area contributed by atoms with Crippen LogP contribution >= 0.6 is 11.6 Å². The van der Waals surface area contributed by atoms with Gasteiger partial charge in [-0.1, -0.05) is 31.2 Å². The number of methoxy groups -OCH3 is 3.